The molecule has 2 rings (SSSR count). The average molecular weight is 231 g/mol. The summed E-state index contributed by atoms with van der Waals surface area (Å²) >= 11 is 0. The van der Waals surface area contributed by atoms with E-state index in [9.17, 15) is 4.79 Å². The summed E-state index contributed by atoms with van der Waals surface area (Å²) in [6, 6.07) is 10.2. The van der Waals surface area contributed by atoms with Crippen LogP contribution in [0.15, 0.2) is 30.3 Å². The Morgan fingerprint density at radius 2 is 1.94 bits per heavy atom. The Balaban J connectivity index is 2.04. The molecule has 0 aromatic heterocycles. The fourth-order valence-electron chi connectivity index (χ4n) is 2.56. The maximum atomic E-state index is 11.9. The number of carbonyl (C=O) groups excluding carboxylic acids is 1. The molecule has 2 heteroatoms. The monoisotopic (exact) mass is 231 g/mol. The van der Waals surface area contributed by atoms with Gasteiger partial charge in [0, 0.05) is 6.54 Å². The van der Waals surface area contributed by atoms with Crippen LogP contribution in [-0.2, 0) is 10.2 Å². The van der Waals surface area contributed by atoms with Crippen molar-refractivity contribution in [2.24, 2.45) is 0 Å². The highest BCUT2D eigenvalue weighted by Crippen LogP contribution is 2.35. The molecule has 1 amide bonds. The van der Waals surface area contributed by atoms with E-state index in [0.717, 1.165) is 19.4 Å². The first-order chi connectivity index (χ1) is 8.29. The molecule has 1 unspecified atom stereocenters. The van der Waals surface area contributed by atoms with Crippen LogP contribution in [0.5, 0.6) is 0 Å². The highest BCUT2D eigenvalue weighted by atomic mass is 16.2. The highest BCUT2D eigenvalue weighted by Gasteiger charge is 2.46. The summed E-state index contributed by atoms with van der Waals surface area (Å²) in [6.45, 7) is 3.02. The number of benzene rings is 1. The molecule has 2 nitrogen and oxygen atoms in total. The summed E-state index contributed by atoms with van der Waals surface area (Å²) in [5.41, 5.74) is 0.954. The van der Waals surface area contributed by atoms with Crippen LogP contribution < -0.4 is 5.32 Å². The molecule has 0 aliphatic carbocycles. The second-order valence-corrected chi connectivity index (χ2v) is 4.94. The minimum Gasteiger partial charge on any atom is -0.354 e. The molecule has 92 valence electrons. The SMILES string of the molecule is CCCCCCC1(c2ccccc2)CNC1=O. The number of hydrogen-bond acceptors (Lipinski definition) is 1. The van der Waals surface area contributed by atoms with E-state index >= 15 is 0 Å². The Hall–Kier alpha value is -1.31. The summed E-state index contributed by atoms with van der Waals surface area (Å²) in [5, 5.41) is 2.90. The lowest BCUT2D eigenvalue weighted by atomic mass is 9.71. The zero-order valence-corrected chi connectivity index (χ0v) is 10.5. The first-order valence-corrected chi connectivity index (χ1v) is 6.63. The number of nitrogens with one attached hydrogen (secondary N) is 1. The van der Waals surface area contributed by atoms with Gasteiger partial charge in [0.05, 0.1) is 5.41 Å². The summed E-state index contributed by atoms with van der Waals surface area (Å²) < 4.78 is 0. The maximum absolute atomic E-state index is 11.9. The largest absolute Gasteiger partial charge is 0.354 e. The van der Waals surface area contributed by atoms with Crippen LogP contribution in [0.4, 0.5) is 0 Å². The van der Waals surface area contributed by atoms with E-state index in [1.54, 1.807) is 0 Å². The molecule has 1 aliphatic rings. The van der Waals surface area contributed by atoms with Gasteiger partial charge in [-0.1, -0.05) is 62.9 Å². The number of carbonyl (C=O) groups is 1. The van der Waals surface area contributed by atoms with E-state index in [1.165, 1.54) is 24.8 Å². The molecular formula is C15H21NO. The molecule has 1 heterocycles. The molecule has 1 aromatic carbocycles. The van der Waals surface area contributed by atoms with E-state index in [0.29, 0.717) is 0 Å². The normalized spacial score (nSPS) is 23.0. The molecule has 0 spiro atoms. The third-order valence-electron chi connectivity index (χ3n) is 3.77. The number of rotatable bonds is 6. The molecule has 0 saturated carbocycles. The summed E-state index contributed by atoms with van der Waals surface area (Å²) in [4.78, 5) is 11.9. The van der Waals surface area contributed by atoms with Crippen LogP contribution >= 0.6 is 0 Å². The molecule has 0 bridgehead atoms. The van der Waals surface area contributed by atoms with Crippen LogP contribution in [0.2, 0.25) is 0 Å². The van der Waals surface area contributed by atoms with Gasteiger partial charge in [0.1, 0.15) is 0 Å². The molecule has 17 heavy (non-hydrogen) atoms. The van der Waals surface area contributed by atoms with Gasteiger partial charge in [0.25, 0.3) is 0 Å². The van der Waals surface area contributed by atoms with Crippen molar-refractivity contribution < 1.29 is 4.79 Å². The molecular weight excluding hydrogens is 210 g/mol. The topological polar surface area (TPSA) is 29.1 Å². The lowest BCUT2D eigenvalue weighted by Gasteiger charge is -2.41. The molecule has 0 radical (unpaired) electrons. The van der Waals surface area contributed by atoms with Crippen molar-refractivity contribution in [1.82, 2.24) is 5.32 Å². The first-order valence-electron chi connectivity index (χ1n) is 6.63. The standard InChI is InChI=1S/C15H21NO/c1-2-3-4-8-11-15(12-16-14(15)17)13-9-6-5-7-10-13/h5-7,9-10H,2-4,8,11-12H2,1H3,(H,16,17). The van der Waals surface area contributed by atoms with Crippen LogP contribution in [0.3, 0.4) is 0 Å². The van der Waals surface area contributed by atoms with E-state index in [-0.39, 0.29) is 11.3 Å². The van der Waals surface area contributed by atoms with Crippen molar-refractivity contribution in [3.05, 3.63) is 35.9 Å². The third-order valence-corrected chi connectivity index (χ3v) is 3.77. The van der Waals surface area contributed by atoms with Crippen molar-refractivity contribution >= 4 is 5.91 Å². The third kappa shape index (κ3) is 2.36. The van der Waals surface area contributed by atoms with Gasteiger partial charge in [0.2, 0.25) is 5.91 Å². The van der Waals surface area contributed by atoms with Crippen molar-refractivity contribution in [2.75, 3.05) is 6.54 Å². The summed E-state index contributed by atoms with van der Waals surface area (Å²) in [7, 11) is 0. The van der Waals surface area contributed by atoms with E-state index in [1.807, 2.05) is 18.2 Å². The zero-order chi connectivity index (χ0) is 12.1. The molecule has 1 aromatic rings. The number of amides is 1. The van der Waals surface area contributed by atoms with Gasteiger partial charge in [-0.2, -0.15) is 0 Å². The van der Waals surface area contributed by atoms with E-state index in [2.05, 4.69) is 24.4 Å². The van der Waals surface area contributed by atoms with Gasteiger partial charge >= 0.3 is 0 Å². The van der Waals surface area contributed by atoms with Crippen LogP contribution in [0.1, 0.15) is 44.6 Å². The molecule has 1 aliphatic heterocycles. The van der Waals surface area contributed by atoms with Crippen LogP contribution in [0, 0.1) is 0 Å². The second kappa shape index (κ2) is 5.35. The number of unbranched alkanes of at least 4 members (excludes halogenated alkanes) is 3. The molecule has 1 atom stereocenters. The Labute approximate surface area is 103 Å². The average Bonchev–Trinajstić information content (AvgIpc) is 2.38. The fourth-order valence-corrected chi connectivity index (χ4v) is 2.56. The minimum atomic E-state index is -0.227. The maximum Gasteiger partial charge on any atom is 0.232 e. The van der Waals surface area contributed by atoms with Crippen molar-refractivity contribution in [2.45, 2.75) is 44.4 Å². The number of β-lactam (4-membered cyclic amide) rings is 1. The van der Waals surface area contributed by atoms with Gasteiger partial charge in [0.15, 0.2) is 0 Å². The Kier molecular flexibility index (Phi) is 3.82. The molecule has 1 saturated heterocycles. The summed E-state index contributed by atoms with van der Waals surface area (Å²) in [5.74, 6) is 0.209. The minimum absolute atomic E-state index is 0.209. The van der Waals surface area contributed by atoms with Crippen LogP contribution in [0.25, 0.3) is 0 Å². The van der Waals surface area contributed by atoms with E-state index < -0.39 is 0 Å². The van der Waals surface area contributed by atoms with Crippen molar-refractivity contribution in [3.8, 4) is 0 Å². The van der Waals surface area contributed by atoms with Crippen LogP contribution in [-0.4, -0.2) is 12.5 Å². The Morgan fingerprint density at radius 1 is 1.18 bits per heavy atom. The zero-order valence-electron chi connectivity index (χ0n) is 10.5. The summed E-state index contributed by atoms with van der Waals surface area (Å²) in [6.07, 6.45) is 5.88. The fraction of sp³-hybridized carbons (Fsp3) is 0.533. The number of hydrogen-bond donors (Lipinski definition) is 1. The van der Waals surface area contributed by atoms with Crippen molar-refractivity contribution in [1.29, 1.82) is 0 Å². The predicted molar refractivity (Wildman–Crippen MR) is 69.9 cm³/mol. The Morgan fingerprint density at radius 3 is 2.47 bits per heavy atom. The smallest absolute Gasteiger partial charge is 0.232 e. The van der Waals surface area contributed by atoms with Gasteiger partial charge in [-0.05, 0) is 12.0 Å². The second-order valence-electron chi connectivity index (χ2n) is 4.94. The van der Waals surface area contributed by atoms with Gasteiger partial charge in [-0.25, -0.2) is 0 Å². The van der Waals surface area contributed by atoms with E-state index in [4.69, 9.17) is 0 Å². The first kappa shape index (κ1) is 12.2. The van der Waals surface area contributed by atoms with Crippen molar-refractivity contribution in [3.63, 3.8) is 0 Å². The van der Waals surface area contributed by atoms with Gasteiger partial charge in [-0.3, -0.25) is 4.79 Å². The van der Waals surface area contributed by atoms with Gasteiger partial charge < -0.3 is 5.32 Å². The highest BCUT2D eigenvalue weighted by molar-refractivity contribution is 5.94. The molecule has 1 N–H and O–H groups in total. The lowest BCUT2D eigenvalue weighted by molar-refractivity contribution is -0.134. The predicted octanol–water partition coefficient (Wildman–Crippen LogP) is 3.02. The van der Waals surface area contributed by atoms with Gasteiger partial charge in [-0.15, -0.1) is 0 Å². The lowest BCUT2D eigenvalue weighted by Crippen LogP contribution is -2.62. The molecule has 1 fully saturated rings. The quantitative estimate of drug-likeness (QED) is 0.592. The Bertz CT molecular complexity index is 374.